The first-order valence-electron chi connectivity index (χ1n) is 9.83. The molecule has 0 saturated heterocycles. The van der Waals surface area contributed by atoms with Gasteiger partial charge in [-0.1, -0.05) is 60.1 Å². The molecule has 0 amide bonds. The number of allylic oxidation sites excluding steroid dienone is 1. The van der Waals surface area contributed by atoms with Crippen LogP contribution in [-0.4, -0.2) is 20.4 Å². The van der Waals surface area contributed by atoms with Crippen LogP contribution < -0.4 is 5.56 Å². The monoisotopic (exact) mass is 457 g/mol. The molecule has 2 N–H and O–H groups in total. The van der Waals surface area contributed by atoms with E-state index in [0.717, 1.165) is 28.1 Å². The largest absolute Gasteiger partial charge is 0.494 e. The predicted molar refractivity (Wildman–Crippen MR) is 131 cm³/mol. The molecular formula is C25H16ClN3O2S. The second-order valence-electron chi connectivity index (χ2n) is 7.21. The summed E-state index contributed by atoms with van der Waals surface area (Å²) in [6.45, 7) is 0. The molecule has 0 aliphatic carbocycles. The van der Waals surface area contributed by atoms with Crippen LogP contribution in [0.3, 0.4) is 0 Å². The molecular weight excluding hydrogens is 442 g/mol. The summed E-state index contributed by atoms with van der Waals surface area (Å²) in [5, 5.41) is 11.7. The Labute approximate surface area is 193 Å². The third-order valence-electron chi connectivity index (χ3n) is 5.22. The van der Waals surface area contributed by atoms with Crippen molar-refractivity contribution in [1.29, 1.82) is 0 Å². The van der Waals surface area contributed by atoms with Gasteiger partial charge >= 0.3 is 0 Å². The lowest BCUT2D eigenvalue weighted by Gasteiger charge is -2.12. The molecule has 0 fully saturated rings. The van der Waals surface area contributed by atoms with Gasteiger partial charge in [0.15, 0.2) is 4.77 Å². The lowest BCUT2D eigenvalue weighted by Crippen LogP contribution is -2.16. The number of para-hydroxylation sites is 1. The average molecular weight is 458 g/mol. The molecule has 156 valence electrons. The SMILES string of the molecule is O=c1[nH]c(=S)n(-c2ccc(Cl)cc2)c(O)c1C=C1C(c2ccccc2)=Nc2ccccc21. The van der Waals surface area contributed by atoms with Crippen molar-refractivity contribution >= 4 is 46.9 Å². The Bertz CT molecular complexity index is 1520. The van der Waals surface area contributed by atoms with Crippen LogP contribution in [0.15, 0.2) is 88.6 Å². The number of hydrogen-bond donors (Lipinski definition) is 2. The summed E-state index contributed by atoms with van der Waals surface area (Å²) in [5.74, 6) is -0.259. The van der Waals surface area contributed by atoms with Crippen LogP contribution in [-0.2, 0) is 0 Å². The fourth-order valence-corrected chi connectivity index (χ4v) is 4.12. The van der Waals surface area contributed by atoms with E-state index in [9.17, 15) is 9.90 Å². The molecule has 7 heteroatoms. The summed E-state index contributed by atoms with van der Waals surface area (Å²) < 4.78 is 1.49. The number of halogens is 1. The Morgan fingerprint density at radius 2 is 1.66 bits per heavy atom. The Balaban J connectivity index is 1.74. The number of fused-ring (bicyclic) bond motifs is 1. The Hall–Kier alpha value is -3.74. The Morgan fingerprint density at radius 1 is 0.969 bits per heavy atom. The van der Waals surface area contributed by atoms with E-state index >= 15 is 0 Å². The van der Waals surface area contributed by atoms with E-state index < -0.39 is 5.56 Å². The van der Waals surface area contributed by atoms with Gasteiger partial charge in [0.25, 0.3) is 5.56 Å². The molecule has 0 saturated carbocycles. The predicted octanol–water partition coefficient (Wildman–Crippen LogP) is 5.93. The fourth-order valence-electron chi connectivity index (χ4n) is 3.71. The van der Waals surface area contributed by atoms with Crippen molar-refractivity contribution in [2.45, 2.75) is 0 Å². The minimum Gasteiger partial charge on any atom is -0.494 e. The number of nitrogens with one attached hydrogen (secondary N) is 1. The normalized spacial score (nSPS) is 13.8. The second kappa shape index (κ2) is 8.07. The first-order chi connectivity index (χ1) is 15.5. The van der Waals surface area contributed by atoms with E-state index in [4.69, 9.17) is 28.8 Å². The fraction of sp³-hybridized carbons (Fsp3) is 0. The number of hydrogen-bond acceptors (Lipinski definition) is 4. The Kier molecular flexibility index (Phi) is 5.09. The molecule has 1 aromatic heterocycles. The van der Waals surface area contributed by atoms with Crippen molar-refractivity contribution in [2.75, 3.05) is 0 Å². The van der Waals surface area contributed by atoms with E-state index in [1.165, 1.54) is 4.57 Å². The standard InChI is InChI=1S/C25H16ClN3O2S/c26-16-10-12-17(13-11-16)29-24(31)20(23(30)28-25(29)32)14-19-18-8-4-5-9-21(18)27-22(19)15-6-2-1-3-7-15/h1-14,31H,(H,28,30,32). The number of benzene rings is 3. The number of aromatic nitrogens is 2. The summed E-state index contributed by atoms with van der Waals surface area (Å²) in [6, 6.07) is 24.2. The van der Waals surface area contributed by atoms with Gasteiger partial charge in [0.05, 0.1) is 17.1 Å². The van der Waals surface area contributed by atoms with Crippen LogP contribution in [0.4, 0.5) is 5.69 Å². The Morgan fingerprint density at radius 3 is 2.41 bits per heavy atom. The first kappa shape index (κ1) is 20.2. The van der Waals surface area contributed by atoms with Gasteiger partial charge in [-0.2, -0.15) is 0 Å². The van der Waals surface area contributed by atoms with Crippen LogP contribution >= 0.6 is 23.8 Å². The maximum atomic E-state index is 12.8. The molecule has 0 bridgehead atoms. The van der Waals surface area contributed by atoms with Gasteiger partial charge in [-0.05, 0) is 48.6 Å². The van der Waals surface area contributed by atoms with Crippen LogP contribution in [0.1, 0.15) is 16.7 Å². The van der Waals surface area contributed by atoms with Gasteiger partial charge in [-0.15, -0.1) is 0 Å². The molecule has 32 heavy (non-hydrogen) atoms. The van der Waals surface area contributed by atoms with Gasteiger partial charge < -0.3 is 5.11 Å². The van der Waals surface area contributed by atoms with E-state index in [0.29, 0.717) is 10.7 Å². The van der Waals surface area contributed by atoms with Crippen LogP contribution in [0.25, 0.3) is 17.3 Å². The van der Waals surface area contributed by atoms with Crippen molar-refractivity contribution in [3.8, 4) is 11.6 Å². The number of aliphatic imine (C=N–C) groups is 1. The summed E-state index contributed by atoms with van der Waals surface area (Å²) >= 11 is 11.3. The molecule has 5 nitrogen and oxygen atoms in total. The highest BCUT2D eigenvalue weighted by molar-refractivity contribution is 7.71. The van der Waals surface area contributed by atoms with Crippen molar-refractivity contribution in [1.82, 2.24) is 9.55 Å². The maximum Gasteiger partial charge on any atom is 0.262 e. The average Bonchev–Trinajstić information content (AvgIpc) is 3.17. The minimum absolute atomic E-state index is 0.0840. The molecule has 5 rings (SSSR count). The van der Waals surface area contributed by atoms with E-state index in [-0.39, 0.29) is 16.2 Å². The molecule has 1 aliphatic rings. The number of H-pyrrole nitrogens is 1. The zero-order chi connectivity index (χ0) is 22.2. The lowest BCUT2D eigenvalue weighted by atomic mass is 9.96. The maximum absolute atomic E-state index is 12.8. The smallest absolute Gasteiger partial charge is 0.262 e. The lowest BCUT2D eigenvalue weighted by molar-refractivity contribution is 0.432. The van der Waals surface area contributed by atoms with Gasteiger partial charge in [-0.3, -0.25) is 14.3 Å². The van der Waals surface area contributed by atoms with E-state index in [1.807, 2.05) is 54.6 Å². The summed E-state index contributed by atoms with van der Waals surface area (Å²) in [6.07, 6.45) is 1.66. The number of nitrogens with zero attached hydrogens (tertiary/aromatic N) is 2. The van der Waals surface area contributed by atoms with Crippen LogP contribution in [0, 0.1) is 4.77 Å². The van der Waals surface area contributed by atoms with E-state index in [2.05, 4.69) is 4.98 Å². The first-order valence-corrected chi connectivity index (χ1v) is 10.6. The third kappa shape index (κ3) is 3.49. The van der Waals surface area contributed by atoms with Crippen molar-refractivity contribution in [3.05, 3.63) is 116 Å². The van der Waals surface area contributed by atoms with Gasteiger partial charge in [0.2, 0.25) is 5.88 Å². The van der Waals surface area contributed by atoms with Crippen molar-refractivity contribution < 1.29 is 5.11 Å². The summed E-state index contributed by atoms with van der Waals surface area (Å²) in [7, 11) is 0. The second-order valence-corrected chi connectivity index (χ2v) is 8.03. The molecule has 1 aliphatic heterocycles. The highest BCUT2D eigenvalue weighted by Gasteiger charge is 2.23. The molecule has 0 radical (unpaired) electrons. The van der Waals surface area contributed by atoms with Crippen molar-refractivity contribution in [3.63, 3.8) is 0 Å². The highest BCUT2D eigenvalue weighted by atomic mass is 35.5. The molecule has 0 spiro atoms. The van der Waals surface area contributed by atoms with Gasteiger partial charge in [0.1, 0.15) is 5.56 Å². The summed E-state index contributed by atoms with van der Waals surface area (Å²) in [5.41, 5.74) is 4.25. The number of aromatic hydroxyl groups is 1. The molecule has 0 unspecified atom stereocenters. The van der Waals surface area contributed by atoms with Gasteiger partial charge in [-0.25, -0.2) is 4.99 Å². The summed E-state index contributed by atoms with van der Waals surface area (Å²) in [4.78, 5) is 20.3. The van der Waals surface area contributed by atoms with Crippen LogP contribution in [0.5, 0.6) is 5.88 Å². The zero-order valence-electron chi connectivity index (χ0n) is 16.6. The van der Waals surface area contributed by atoms with E-state index in [1.54, 1.807) is 30.3 Å². The third-order valence-corrected chi connectivity index (χ3v) is 5.76. The molecule has 3 aromatic carbocycles. The quantitative estimate of drug-likeness (QED) is 0.374. The highest BCUT2D eigenvalue weighted by Crippen LogP contribution is 2.38. The number of rotatable bonds is 3. The topological polar surface area (TPSA) is 70.4 Å². The number of aromatic amines is 1. The van der Waals surface area contributed by atoms with Crippen molar-refractivity contribution in [2.24, 2.45) is 4.99 Å². The minimum atomic E-state index is -0.484. The van der Waals surface area contributed by atoms with Crippen LogP contribution in [0.2, 0.25) is 5.02 Å². The molecule has 0 atom stereocenters. The zero-order valence-corrected chi connectivity index (χ0v) is 18.2. The molecule has 2 heterocycles. The van der Waals surface area contributed by atoms with Gasteiger partial charge in [0, 0.05) is 21.7 Å². The molecule has 4 aromatic rings.